The largest absolute Gasteiger partial charge is 0.289 e. The molecule has 3 aromatic rings. The molecular weight excluding hydrogens is 259 g/mol. The van der Waals surface area contributed by atoms with Crippen LogP contribution in [0.15, 0.2) is 47.8 Å². The van der Waals surface area contributed by atoms with Crippen LogP contribution in [0.4, 0.5) is 4.39 Å². The molecule has 0 unspecified atom stereocenters. The molecule has 0 saturated carbocycles. The van der Waals surface area contributed by atoms with Gasteiger partial charge in [-0.3, -0.25) is 4.79 Å². The number of hydrogen-bond acceptors (Lipinski definition) is 2. The Morgan fingerprint density at radius 3 is 2.79 bits per heavy atom. The van der Waals surface area contributed by atoms with Crippen LogP contribution in [-0.2, 0) is 0 Å². The number of hydrogen-bond donors (Lipinski definition) is 0. The fourth-order valence-electron chi connectivity index (χ4n) is 2.06. The zero-order valence-electron chi connectivity index (χ0n) is 10.3. The van der Waals surface area contributed by atoms with Crippen molar-refractivity contribution in [2.75, 3.05) is 0 Å². The van der Waals surface area contributed by atoms with Crippen molar-refractivity contribution in [3.05, 3.63) is 70.4 Å². The third-order valence-electron chi connectivity index (χ3n) is 3.16. The first-order valence-corrected chi connectivity index (χ1v) is 6.82. The van der Waals surface area contributed by atoms with Crippen LogP contribution >= 0.6 is 11.3 Å². The highest BCUT2D eigenvalue weighted by Crippen LogP contribution is 2.26. The number of carbonyl (C=O) groups excluding carboxylic acids is 1. The molecule has 0 atom stereocenters. The van der Waals surface area contributed by atoms with E-state index in [1.165, 1.54) is 17.4 Å². The average Bonchev–Trinajstić information content (AvgIpc) is 2.89. The van der Waals surface area contributed by atoms with Gasteiger partial charge in [0.15, 0.2) is 5.78 Å². The highest BCUT2D eigenvalue weighted by atomic mass is 32.1. The standard InChI is InChI=1S/C16H11FOS/c1-10-5-6-12(9-14(10)17)15(18)13-4-2-3-11-7-8-19-16(11)13/h2-9H,1H3. The van der Waals surface area contributed by atoms with Gasteiger partial charge in [-0.25, -0.2) is 4.39 Å². The van der Waals surface area contributed by atoms with Crippen molar-refractivity contribution >= 4 is 27.2 Å². The van der Waals surface area contributed by atoms with E-state index in [1.807, 2.05) is 23.6 Å². The van der Waals surface area contributed by atoms with Crippen LogP contribution < -0.4 is 0 Å². The van der Waals surface area contributed by atoms with E-state index in [2.05, 4.69) is 0 Å². The summed E-state index contributed by atoms with van der Waals surface area (Å²) in [5, 5.41) is 3.00. The van der Waals surface area contributed by atoms with E-state index in [9.17, 15) is 9.18 Å². The van der Waals surface area contributed by atoms with E-state index in [4.69, 9.17) is 0 Å². The van der Waals surface area contributed by atoms with E-state index in [-0.39, 0.29) is 11.6 Å². The Bertz CT molecular complexity index is 773. The van der Waals surface area contributed by atoms with Crippen molar-refractivity contribution in [3.63, 3.8) is 0 Å². The molecular formula is C16H11FOS. The zero-order chi connectivity index (χ0) is 13.4. The van der Waals surface area contributed by atoms with E-state index in [0.29, 0.717) is 16.7 Å². The molecule has 3 heteroatoms. The summed E-state index contributed by atoms with van der Waals surface area (Å²) < 4.78 is 14.5. The lowest BCUT2D eigenvalue weighted by atomic mass is 10.0. The molecule has 3 rings (SSSR count). The Morgan fingerprint density at radius 1 is 1.16 bits per heavy atom. The molecule has 1 nitrogen and oxygen atoms in total. The van der Waals surface area contributed by atoms with Crippen LogP contribution in [0.1, 0.15) is 21.5 Å². The maximum atomic E-state index is 13.6. The summed E-state index contributed by atoms with van der Waals surface area (Å²) in [7, 11) is 0. The minimum atomic E-state index is -0.343. The number of aryl methyl sites for hydroxylation is 1. The normalized spacial score (nSPS) is 10.8. The third kappa shape index (κ3) is 2.06. The first-order valence-electron chi connectivity index (χ1n) is 5.94. The third-order valence-corrected chi connectivity index (χ3v) is 4.12. The van der Waals surface area contributed by atoms with E-state index in [0.717, 1.165) is 10.1 Å². The molecule has 1 heterocycles. The van der Waals surface area contributed by atoms with Crippen molar-refractivity contribution in [2.24, 2.45) is 0 Å². The SMILES string of the molecule is Cc1ccc(C(=O)c2cccc3ccsc23)cc1F. The summed E-state index contributed by atoms with van der Waals surface area (Å²) in [5.74, 6) is -0.476. The molecule has 2 aromatic carbocycles. The molecule has 0 spiro atoms. The van der Waals surface area contributed by atoms with Crippen LogP contribution in [0, 0.1) is 12.7 Å². The van der Waals surface area contributed by atoms with Crippen molar-refractivity contribution < 1.29 is 9.18 Å². The summed E-state index contributed by atoms with van der Waals surface area (Å²) >= 11 is 1.53. The number of rotatable bonds is 2. The molecule has 0 bridgehead atoms. The molecule has 0 aliphatic rings. The van der Waals surface area contributed by atoms with Crippen LogP contribution in [0.3, 0.4) is 0 Å². The lowest BCUT2D eigenvalue weighted by Crippen LogP contribution is -2.02. The Balaban J connectivity index is 2.13. The Labute approximate surface area is 114 Å². The second-order valence-electron chi connectivity index (χ2n) is 4.44. The fourth-order valence-corrected chi connectivity index (χ4v) is 2.97. The van der Waals surface area contributed by atoms with Crippen molar-refractivity contribution in [1.82, 2.24) is 0 Å². The zero-order valence-corrected chi connectivity index (χ0v) is 11.1. The topological polar surface area (TPSA) is 17.1 Å². The minimum Gasteiger partial charge on any atom is -0.289 e. The summed E-state index contributed by atoms with van der Waals surface area (Å²) in [6.07, 6.45) is 0. The van der Waals surface area contributed by atoms with Crippen molar-refractivity contribution in [2.45, 2.75) is 6.92 Å². The van der Waals surface area contributed by atoms with Gasteiger partial charge in [-0.15, -0.1) is 11.3 Å². The van der Waals surface area contributed by atoms with Crippen molar-refractivity contribution in [1.29, 1.82) is 0 Å². The lowest BCUT2D eigenvalue weighted by Gasteiger charge is -2.04. The second kappa shape index (κ2) is 4.59. The molecule has 0 N–H and O–H groups in total. The number of ketones is 1. The van der Waals surface area contributed by atoms with Gasteiger partial charge >= 0.3 is 0 Å². The molecule has 0 radical (unpaired) electrons. The van der Waals surface area contributed by atoms with E-state index in [1.54, 1.807) is 25.1 Å². The van der Waals surface area contributed by atoms with Crippen LogP contribution in [0.5, 0.6) is 0 Å². The van der Waals surface area contributed by atoms with Gasteiger partial charge in [0.1, 0.15) is 5.82 Å². The van der Waals surface area contributed by atoms with Gasteiger partial charge in [0, 0.05) is 15.8 Å². The quantitative estimate of drug-likeness (QED) is 0.623. The summed E-state index contributed by atoms with van der Waals surface area (Å²) in [6, 6.07) is 12.2. The van der Waals surface area contributed by atoms with E-state index < -0.39 is 0 Å². The first kappa shape index (κ1) is 12.1. The Hall–Kier alpha value is -2.00. The summed E-state index contributed by atoms with van der Waals surface area (Å²) in [5.41, 5.74) is 1.57. The molecule has 94 valence electrons. The Kier molecular flexibility index (Phi) is 2.91. The minimum absolute atomic E-state index is 0.132. The predicted octanol–water partition coefficient (Wildman–Crippen LogP) is 4.58. The highest BCUT2D eigenvalue weighted by Gasteiger charge is 2.14. The molecule has 0 aliphatic carbocycles. The summed E-state index contributed by atoms with van der Waals surface area (Å²) in [6.45, 7) is 1.68. The lowest BCUT2D eigenvalue weighted by molar-refractivity contribution is 0.104. The molecule has 1 aromatic heterocycles. The monoisotopic (exact) mass is 270 g/mol. The molecule has 0 saturated heterocycles. The Morgan fingerprint density at radius 2 is 2.00 bits per heavy atom. The van der Waals surface area contributed by atoms with Gasteiger partial charge in [-0.1, -0.05) is 24.3 Å². The van der Waals surface area contributed by atoms with Gasteiger partial charge in [0.2, 0.25) is 0 Å². The molecule has 0 aliphatic heterocycles. The maximum absolute atomic E-state index is 13.6. The van der Waals surface area contributed by atoms with Gasteiger partial charge in [-0.2, -0.15) is 0 Å². The van der Waals surface area contributed by atoms with Crippen LogP contribution in [0.25, 0.3) is 10.1 Å². The fraction of sp³-hybridized carbons (Fsp3) is 0.0625. The predicted molar refractivity (Wildman–Crippen MR) is 76.4 cm³/mol. The number of benzene rings is 2. The number of halogens is 1. The maximum Gasteiger partial charge on any atom is 0.194 e. The van der Waals surface area contributed by atoms with Gasteiger partial charge in [-0.05, 0) is 41.5 Å². The van der Waals surface area contributed by atoms with Crippen LogP contribution in [0.2, 0.25) is 0 Å². The smallest absolute Gasteiger partial charge is 0.194 e. The molecule has 19 heavy (non-hydrogen) atoms. The van der Waals surface area contributed by atoms with Gasteiger partial charge < -0.3 is 0 Å². The van der Waals surface area contributed by atoms with Gasteiger partial charge in [0.05, 0.1) is 0 Å². The van der Waals surface area contributed by atoms with E-state index >= 15 is 0 Å². The molecule has 0 fully saturated rings. The molecule has 0 amide bonds. The number of carbonyl (C=O) groups is 1. The van der Waals surface area contributed by atoms with Crippen molar-refractivity contribution in [3.8, 4) is 0 Å². The summed E-state index contributed by atoms with van der Waals surface area (Å²) in [4.78, 5) is 12.5. The number of fused-ring (bicyclic) bond motifs is 1. The number of thiophene rings is 1. The van der Waals surface area contributed by atoms with Crippen LogP contribution in [-0.4, -0.2) is 5.78 Å². The second-order valence-corrected chi connectivity index (χ2v) is 5.35. The average molecular weight is 270 g/mol. The first-order chi connectivity index (χ1) is 9.16. The highest BCUT2D eigenvalue weighted by molar-refractivity contribution is 7.17. The van der Waals surface area contributed by atoms with Gasteiger partial charge in [0.25, 0.3) is 0 Å².